The van der Waals surface area contributed by atoms with Crippen LogP contribution >= 0.6 is 0 Å². The normalized spacial score (nSPS) is 16.7. The smallest absolute Gasteiger partial charge is 0.406 e. The van der Waals surface area contributed by atoms with E-state index in [0.717, 1.165) is 35.2 Å². The predicted octanol–water partition coefficient (Wildman–Crippen LogP) is 5.19. The van der Waals surface area contributed by atoms with Crippen molar-refractivity contribution in [3.8, 4) is 5.75 Å². The summed E-state index contributed by atoms with van der Waals surface area (Å²) in [4.78, 5) is 3.12. The monoisotopic (exact) mass is 297 g/mol. The van der Waals surface area contributed by atoms with E-state index < -0.39 is 6.36 Å². The van der Waals surface area contributed by atoms with Crippen LogP contribution in [0.1, 0.15) is 37.7 Å². The zero-order valence-electron chi connectivity index (χ0n) is 11.7. The maximum Gasteiger partial charge on any atom is 0.573 e. The van der Waals surface area contributed by atoms with Gasteiger partial charge in [-0.2, -0.15) is 0 Å². The van der Waals surface area contributed by atoms with Crippen molar-refractivity contribution < 1.29 is 17.9 Å². The molecule has 1 aromatic heterocycles. The molecule has 0 radical (unpaired) electrons. The molecule has 1 heterocycles. The Labute approximate surface area is 121 Å². The molecule has 1 saturated carbocycles. The number of aromatic nitrogens is 1. The third-order valence-electron chi connectivity index (χ3n) is 4.27. The number of hydrogen-bond acceptors (Lipinski definition) is 1. The van der Waals surface area contributed by atoms with Crippen LogP contribution in [0.4, 0.5) is 13.2 Å². The first-order valence-corrected chi connectivity index (χ1v) is 7.37. The molecular formula is C16H18F3NO. The Balaban J connectivity index is 1.76. The number of ether oxygens (including phenoxy) is 1. The number of nitrogens with one attached hydrogen (secondary N) is 1. The Morgan fingerprint density at radius 1 is 1.19 bits per heavy atom. The summed E-state index contributed by atoms with van der Waals surface area (Å²) in [5.41, 5.74) is 1.93. The van der Waals surface area contributed by atoms with Crippen LogP contribution in [-0.2, 0) is 6.42 Å². The van der Waals surface area contributed by atoms with E-state index in [2.05, 4.69) is 9.72 Å². The third kappa shape index (κ3) is 3.52. The van der Waals surface area contributed by atoms with E-state index in [1.807, 2.05) is 6.20 Å². The van der Waals surface area contributed by atoms with Gasteiger partial charge in [0, 0.05) is 17.1 Å². The minimum absolute atomic E-state index is 0.156. The SMILES string of the molecule is FC(F)(F)Oc1ccc2[nH]cc(CCC3CCCC3)c2c1. The average molecular weight is 297 g/mol. The van der Waals surface area contributed by atoms with E-state index in [4.69, 9.17) is 0 Å². The lowest BCUT2D eigenvalue weighted by Crippen LogP contribution is -2.16. The first-order chi connectivity index (χ1) is 10.0. The molecule has 1 aliphatic rings. The van der Waals surface area contributed by atoms with E-state index in [0.29, 0.717) is 0 Å². The highest BCUT2D eigenvalue weighted by molar-refractivity contribution is 5.84. The topological polar surface area (TPSA) is 25.0 Å². The van der Waals surface area contributed by atoms with Gasteiger partial charge in [-0.3, -0.25) is 0 Å². The summed E-state index contributed by atoms with van der Waals surface area (Å²) >= 11 is 0. The Hall–Kier alpha value is -1.65. The van der Waals surface area contributed by atoms with Gasteiger partial charge in [0.2, 0.25) is 0 Å². The summed E-state index contributed by atoms with van der Waals surface area (Å²) < 4.78 is 40.9. The van der Waals surface area contributed by atoms with Gasteiger partial charge < -0.3 is 9.72 Å². The minimum Gasteiger partial charge on any atom is -0.406 e. The van der Waals surface area contributed by atoms with Gasteiger partial charge in [0.1, 0.15) is 5.75 Å². The fraction of sp³-hybridized carbons (Fsp3) is 0.500. The highest BCUT2D eigenvalue weighted by Gasteiger charge is 2.31. The molecule has 2 aromatic rings. The molecule has 0 aliphatic heterocycles. The maximum atomic E-state index is 12.3. The van der Waals surface area contributed by atoms with E-state index >= 15 is 0 Å². The number of benzene rings is 1. The zero-order valence-corrected chi connectivity index (χ0v) is 11.7. The van der Waals surface area contributed by atoms with Crippen LogP contribution in [0.25, 0.3) is 10.9 Å². The highest BCUT2D eigenvalue weighted by atomic mass is 19.4. The van der Waals surface area contributed by atoms with E-state index in [1.54, 1.807) is 6.07 Å². The van der Waals surface area contributed by atoms with Crippen LogP contribution in [0.5, 0.6) is 5.75 Å². The van der Waals surface area contributed by atoms with Gasteiger partial charge >= 0.3 is 6.36 Å². The van der Waals surface area contributed by atoms with Crippen molar-refractivity contribution in [3.05, 3.63) is 30.0 Å². The molecule has 3 rings (SSSR count). The number of halogens is 3. The Kier molecular flexibility index (Phi) is 3.83. The molecule has 0 bridgehead atoms. The Morgan fingerprint density at radius 2 is 1.95 bits per heavy atom. The molecule has 21 heavy (non-hydrogen) atoms. The van der Waals surface area contributed by atoms with Crippen molar-refractivity contribution in [2.24, 2.45) is 5.92 Å². The molecule has 0 saturated heterocycles. The summed E-state index contributed by atoms with van der Waals surface area (Å²) in [6, 6.07) is 4.45. The number of H-pyrrole nitrogens is 1. The average Bonchev–Trinajstić information content (AvgIpc) is 3.03. The molecule has 0 unspecified atom stereocenters. The van der Waals surface area contributed by atoms with Gasteiger partial charge in [-0.25, -0.2) is 0 Å². The van der Waals surface area contributed by atoms with Gasteiger partial charge in [0.15, 0.2) is 0 Å². The molecule has 1 fully saturated rings. The molecule has 1 aliphatic carbocycles. The number of aromatic amines is 1. The summed E-state index contributed by atoms with van der Waals surface area (Å²) in [5, 5.41) is 0.828. The molecular weight excluding hydrogens is 279 g/mol. The number of alkyl halides is 3. The number of hydrogen-bond donors (Lipinski definition) is 1. The maximum absolute atomic E-state index is 12.3. The van der Waals surface area contributed by atoms with Crippen LogP contribution in [0, 0.1) is 5.92 Å². The van der Waals surface area contributed by atoms with Gasteiger partial charge in [0.25, 0.3) is 0 Å². The lowest BCUT2D eigenvalue weighted by molar-refractivity contribution is -0.274. The molecule has 114 valence electrons. The lowest BCUT2D eigenvalue weighted by Gasteiger charge is -2.10. The highest BCUT2D eigenvalue weighted by Crippen LogP contribution is 2.32. The number of rotatable bonds is 4. The van der Waals surface area contributed by atoms with Crippen molar-refractivity contribution in [2.75, 3.05) is 0 Å². The molecule has 0 amide bonds. The first kappa shape index (κ1) is 14.3. The van der Waals surface area contributed by atoms with Crippen molar-refractivity contribution in [1.82, 2.24) is 4.98 Å². The molecule has 0 atom stereocenters. The molecule has 0 spiro atoms. The van der Waals surface area contributed by atoms with Crippen molar-refractivity contribution in [1.29, 1.82) is 0 Å². The second-order valence-electron chi connectivity index (χ2n) is 5.76. The minimum atomic E-state index is -4.64. The van der Waals surface area contributed by atoms with Crippen molar-refractivity contribution in [3.63, 3.8) is 0 Å². The Morgan fingerprint density at radius 3 is 2.67 bits per heavy atom. The molecule has 5 heteroatoms. The lowest BCUT2D eigenvalue weighted by atomic mass is 9.98. The predicted molar refractivity (Wildman–Crippen MR) is 75.3 cm³/mol. The van der Waals surface area contributed by atoms with Crippen LogP contribution in [0.3, 0.4) is 0 Å². The standard InChI is InChI=1S/C16H18F3NO/c17-16(18,19)21-13-7-8-15-14(9-13)12(10-20-15)6-5-11-3-1-2-4-11/h7-11,20H,1-6H2. The molecule has 1 aromatic carbocycles. The second-order valence-corrected chi connectivity index (χ2v) is 5.76. The summed E-state index contributed by atoms with van der Waals surface area (Å²) in [6.45, 7) is 0. The van der Waals surface area contributed by atoms with E-state index in [-0.39, 0.29) is 5.75 Å². The quantitative estimate of drug-likeness (QED) is 0.825. The van der Waals surface area contributed by atoms with Gasteiger partial charge in [-0.1, -0.05) is 25.7 Å². The molecule has 1 N–H and O–H groups in total. The van der Waals surface area contributed by atoms with Crippen LogP contribution in [-0.4, -0.2) is 11.3 Å². The zero-order chi connectivity index (χ0) is 14.9. The Bertz CT molecular complexity index is 611. The largest absolute Gasteiger partial charge is 0.573 e. The first-order valence-electron chi connectivity index (χ1n) is 7.37. The summed E-state index contributed by atoms with van der Waals surface area (Å²) in [6.07, 6.45) is 4.45. The third-order valence-corrected chi connectivity index (χ3v) is 4.27. The second kappa shape index (κ2) is 5.62. The fourth-order valence-corrected chi connectivity index (χ4v) is 3.22. The van der Waals surface area contributed by atoms with E-state index in [9.17, 15) is 13.2 Å². The summed E-state index contributed by atoms with van der Waals surface area (Å²) in [7, 11) is 0. The molecule has 2 nitrogen and oxygen atoms in total. The van der Waals surface area contributed by atoms with Crippen LogP contribution < -0.4 is 4.74 Å². The number of aryl methyl sites for hydroxylation is 1. The van der Waals surface area contributed by atoms with Crippen LogP contribution in [0.15, 0.2) is 24.4 Å². The van der Waals surface area contributed by atoms with Gasteiger partial charge in [-0.05, 0) is 42.5 Å². The summed E-state index contributed by atoms with van der Waals surface area (Å²) in [5.74, 6) is 0.612. The van der Waals surface area contributed by atoms with Crippen molar-refractivity contribution >= 4 is 10.9 Å². The van der Waals surface area contributed by atoms with Crippen molar-refractivity contribution in [2.45, 2.75) is 44.9 Å². The van der Waals surface area contributed by atoms with E-state index in [1.165, 1.54) is 37.8 Å². The van der Waals surface area contributed by atoms with Crippen LogP contribution in [0.2, 0.25) is 0 Å². The number of fused-ring (bicyclic) bond motifs is 1. The fourth-order valence-electron chi connectivity index (χ4n) is 3.22. The van der Waals surface area contributed by atoms with Gasteiger partial charge in [-0.15, -0.1) is 13.2 Å². The van der Waals surface area contributed by atoms with Gasteiger partial charge in [0.05, 0.1) is 0 Å².